The highest BCUT2D eigenvalue weighted by atomic mass is 32.2. The lowest BCUT2D eigenvalue weighted by atomic mass is 10.1. The Morgan fingerprint density at radius 2 is 1.85 bits per heavy atom. The maximum absolute atomic E-state index is 13.2. The van der Waals surface area contributed by atoms with E-state index in [0.29, 0.717) is 17.8 Å². The molecule has 0 saturated heterocycles. The lowest BCUT2D eigenvalue weighted by Gasteiger charge is -2.17. The quantitative estimate of drug-likeness (QED) is 0.765. The fourth-order valence-electron chi connectivity index (χ4n) is 2.43. The number of unbranched alkanes of at least 4 members (excludes halogenated alkanes) is 1. The van der Waals surface area contributed by atoms with Crippen LogP contribution >= 0.6 is 0 Å². The number of hydrogen-bond donors (Lipinski definition) is 1. The van der Waals surface area contributed by atoms with Crippen molar-refractivity contribution in [2.24, 2.45) is 0 Å². The van der Waals surface area contributed by atoms with Crippen molar-refractivity contribution in [1.29, 1.82) is 0 Å². The highest BCUT2D eigenvalue weighted by Crippen LogP contribution is 2.18. The van der Waals surface area contributed by atoms with E-state index in [1.54, 1.807) is 31.3 Å². The number of sulfonamides is 1. The molecule has 1 amide bonds. The summed E-state index contributed by atoms with van der Waals surface area (Å²) in [4.78, 5) is 12.2. The van der Waals surface area contributed by atoms with Crippen LogP contribution in [-0.2, 0) is 21.2 Å². The minimum Gasteiger partial charge on any atom is -0.326 e. The highest BCUT2D eigenvalue weighted by molar-refractivity contribution is 7.89. The second-order valence-corrected chi connectivity index (χ2v) is 8.10. The first kappa shape index (κ1) is 20.1. The van der Waals surface area contributed by atoms with E-state index >= 15 is 0 Å². The van der Waals surface area contributed by atoms with Crippen molar-refractivity contribution in [2.45, 2.75) is 31.1 Å². The van der Waals surface area contributed by atoms with Crippen LogP contribution in [0.1, 0.15) is 25.3 Å². The molecule has 0 bridgehead atoms. The molecule has 0 spiro atoms. The Hall–Kier alpha value is -2.25. The topological polar surface area (TPSA) is 66.5 Å². The van der Waals surface area contributed by atoms with E-state index in [2.05, 4.69) is 5.32 Å². The Morgan fingerprint density at radius 1 is 1.15 bits per heavy atom. The summed E-state index contributed by atoms with van der Waals surface area (Å²) in [5.41, 5.74) is 1.06. The zero-order valence-corrected chi connectivity index (χ0v) is 15.7. The van der Waals surface area contributed by atoms with Crippen LogP contribution in [0.15, 0.2) is 53.4 Å². The summed E-state index contributed by atoms with van der Waals surface area (Å²) >= 11 is 0. The molecule has 0 aliphatic carbocycles. The molecular weight excluding hydrogens is 355 g/mol. The number of carbonyl (C=O) groups is 1. The van der Waals surface area contributed by atoms with Gasteiger partial charge in [-0.3, -0.25) is 4.79 Å². The van der Waals surface area contributed by atoms with Crippen LogP contribution in [0, 0.1) is 5.82 Å². The van der Waals surface area contributed by atoms with E-state index in [9.17, 15) is 17.6 Å². The molecule has 0 radical (unpaired) electrons. The van der Waals surface area contributed by atoms with Gasteiger partial charge in [-0.05, 0) is 48.4 Å². The van der Waals surface area contributed by atoms with Crippen LogP contribution in [0.2, 0.25) is 0 Å². The van der Waals surface area contributed by atoms with Gasteiger partial charge in [0.05, 0.1) is 11.3 Å². The summed E-state index contributed by atoms with van der Waals surface area (Å²) in [6.45, 7) is 2.46. The Balaban J connectivity index is 2.01. The predicted molar refractivity (Wildman–Crippen MR) is 99.9 cm³/mol. The van der Waals surface area contributed by atoms with Crippen molar-refractivity contribution < 1.29 is 17.6 Å². The lowest BCUT2D eigenvalue weighted by molar-refractivity contribution is -0.115. The summed E-state index contributed by atoms with van der Waals surface area (Å²) in [5, 5.41) is 2.68. The van der Waals surface area contributed by atoms with E-state index in [1.807, 2.05) is 6.92 Å². The molecule has 0 saturated carbocycles. The third kappa shape index (κ3) is 5.37. The van der Waals surface area contributed by atoms with E-state index < -0.39 is 15.8 Å². The number of anilines is 1. The molecule has 26 heavy (non-hydrogen) atoms. The third-order valence-corrected chi connectivity index (χ3v) is 5.80. The highest BCUT2D eigenvalue weighted by Gasteiger charge is 2.20. The van der Waals surface area contributed by atoms with Crippen molar-refractivity contribution in [2.75, 3.05) is 18.9 Å². The van der Waals surface area contributed by atoms with Gasteiger partial charge in [0.25, 0.3) is 0 Å². The smallest absolute Gasteiger partial charge is 0.242 e. The van der Waals surface area contributed by atoms with Crippen molar-refractivity contribution in [3.05, 3.63) is 59.9 Å². The number of amides is 1. The van der Waals surface area contributed by atoms with Crippen LogP contribution in [-0.4, -0.2) is 32.2 Å². The summed E-state index contributed by atoms with van der Waals surface area (Å²) < 4.78 is 39.4. The van der Waals surface area contributed by atoms with Gasteiger partial charge in [-0.1, -0.05) is 25.5 Å². The molecule has 0 aliphatic heterocycles. The SMILES string of the molecule is CCCCN(C)S(=O)(=O)c1ccc(NC(=O)Cc2cccc(F)c2)cc1. The molecule has 0 heterocycles. The van der Waals surface area contributed by atoms with Crippen molar-refractivity contribution >= 4 is 21.6 Å². The molecule has 7 heteroatoms. The summed E-state index contributed by atoms with van der Waals surface area (Å²) in [5.74, 6) is -0.691. The number of nitrogens with zero attached hydrogens (tertiary/aromatic N) is 1. The fraction of sp³-hybridized carbons (Fsp3) is 0.316. The summed E-state index contributed by atoms with van der Waals surface area (Å²) in [6, 6.07) is 11.9. The average molecular weight is 378 g/mol. The van der Waals surface area contributed by atoms with Crippen LogP contribution in [0.5, 0.6) is 0 Å². The number of nitrogens with one attached hydrogen (secondary N) is 1. The van der Waals surface area contributed by atoms with Crippen LogP contribution in [0.4, 0.5) is 10.1 Å². The zero-order chi connectivity index (χ0) is 19.2. The standard InChI is InChI=1S/C19H23FN2O3S/c1-3-4-12-22(2)26(24,25)18-10-8-17(9-11-18)21-19(23)14-15-6-5-7-16(20)13-15/h5-11,13H,3-4,12,14H2,1-2H3,(H,21,23). The molecule has 0 aromatic heterocycles. The third-order valence-electron chi connectivity index (χ3n) is 3.93. The van der Waals surface area contributed by atoms with Gasteiger partial charge in [-0.25, -0.2) is 17.1 Å². The number of halogens is 1. The first-order chi connectivity index (χ1) is 12.3. The molecule has 140 valence electrons. The van der Waals surface area contributed by atoms with Crippen molar-refractivity contribution in [3.8, 4) is 0 Å². The van der Waals surface area contributed by atoms with E-state index in [0.717, 1.165) is 12.8 Å². The number of hydrogen-bond acceptors (Lipinski definition) is 3. The van der Waals surface area contributed by atoms with Crippen LogP contribution < -0.4 is 5.32 Å². The second-order valence-electron chi connectivity index (χ2n) is 6.06. The Kier molecular flexibility index (Phi) is 6.88. The van der Waals surface area contributed by atoms with Crippen LogP contribution in [0.3, 0.4) is 0 Å². The normalized spacial score (nSPS) is 11.5. The molecule has 0 atom stereocenters. The Bertz CT molecular complexity index is 851. The van der Waals surface area contributed by atoms with Gasteiger partial charge >= 0.3 is 0 Å². The van der Waals surface area contributed by atoms with Crippen LogP contribution in [0.25, 0.3) is 0 Å². The maximum Gasteiger partial charge on any atom is 0.242 e. The summed E-state index contributed by atoms with van der Waals surface area (Å²) in [7, 11) is -1.98. The molecule has 2 aromatic rings. The van der Waals surface area contributed by atoms with Crippen molar-refractivity contribution in [1.82, 2.24) is 4.31 Å². The number of rotatable bonds is 8. The van der Waals surface area contributed by atoms with Gasteiger partial charge < -0.3 is 5.32 Å². The molecule has 1 N–H and O–H groups in total. The lowest BCUT2D eigenvalue weighted by Crippen LogP contribution is -2.27. The average Bonchev–Trinajstić information content (AvgIpc) is 2.60. The molecule has 0 unspecified atom stereocenters. The first-order valence-electron chi connectivity index (χ1n) is 8.43. The van der Waals surface area contributed by atoms with Gasteiger partial charge in [-0.2, -0.15) is 0 Å². The first-order valence-corrected chi connectivity index (χ1v) is 9.87. The molecule has 2 rings (SSSR count). The van der Waals surface area contributed by atoms with Gasteiger partial charge in [0.1, 0.15) is 5.82 Å². The van der Waals surface area contributed by atoms with E-state index in [4.69, 9.17) is 0 Å². The van der Waals surface area contributed by atoms with Gasteiger partial charge in [0.15, 0.2) is 0 Å². The van der Waals surface area contributed by atoms with E-state index in [1.165, 1.54) is 28.6 Å². The monoisotopic (exact) mass is 378 g/mol. The molecule has 5 nitrogen and oxygen atoms in total. The van der Waals surface area contributed by atoms with Gasteiger partial charge in [0, 0.05) is 19.3 Å². The minimum absolute atomic E-state index is 0.0393. The molecule has 0 aliphatic rings. The largest absolute Gasteiger partial charge is 0.326 e. The molecule has 2 aromatic carbocycles. The van der Waals surface area contributed by atoms with Crippen molar-refractivity contribution in [3.63, 3.8) is 0 Å². The molecule has 0 fully saturated rings. The molecular formula is C19H23FN2O3S. The van der Waals surface area contributed by atoms with Gasteiger partial charge in [0.2, 0.25) is 15.9 Å². The maximum atomic E-state index is 13.2. The second kappa shape index (κ2) is 8.91. The van der Waals surface area contributed by atoms with Gasteiger partial charge in [-0.15, -0.1) is 0 Å². The predicted octanol–water partition coefficient (Wildman–Crippen LogP) is 3.43. The minimum atomic E-state index is -3.53. The number of carbonyl (C=O) groups excluding carboxylic acids is 1. The number of benzene rings is 2. The Labute approximate surface area is 153 Å². The van der Waals surface area contributed by atoms with E-state index in [-0.39, 0.29) is 17.2 Å². The fourth-order valence-corrected chi connectivity index (χ4v) is 3.64. The Morgan fingerprint density at radius 3 is 2.46 bits per heavy atom. The summed E-state index contributed by atoms with van der Waals surface area (Å²) in [6.07, 6.45) is 1.75. The zero-order valence-electron chi connectivity index (χ0n) is 14.9.